The molecular formula is C23H28N2O5S. The van der Waals surface area contributed by atoms with Crippen molar-refractivity contribution in [2.45, 2.75) is 31.1 Å². The monoisotopic (exact) mass is 444 g/mol. The zero-order chi connectivity index (χ0) is 22.4. The van der Waals surface area contributed by atoms with Crippen LogP contribution in [0.5, 0.6) is 0 Å². The van der Waals surface area contributed by atoms with E-state index in [0.29, 0.717) is 31.6 Å². The van der Waals surface area contributed by atoms with Gasteiger partial charge in [0.15, 0.2) is 0 Å². The third-order valence-electron chi connectivity index (χ3n) is 5.62. The highest BCUT2D eigenvalue weighted by Crippen LogP contribution is 2.25. The lowest BCUT2D eigenvalue weighted by Crippen LogP contribution is -2.46. The van der Waals surface area contributed by atoms with E-state index in [0.717, 1.165) is 16.3 Å². The van der Waals surface area contributed by atoms with Crippen LogP contribution in [0.2, 0.25) is 0 Å². The molecule has 0 radical (unpaired) electrons. The topological polar surface area (TPSA) is 84.0 Å². The molecule has 0 atom stereocenters. The second-order valence-electron chi connectivity index (χ2n) is 7.52. The Morgan fingerprint density at radius 3 is 2.19 bits per heavy atom. The van der Waals surface area contributed by atoms with Crippen molar-refractivity contribution in [2.24, 2.45) is 5.92 Å². The van der Waals surface area contributed by atoms with Crippen LogP contribution in [0.15, 0.2) is 59.5 Å². The summed E-state index contributed by atoms with van der Waals surface area (Å²) in [5, 5.41) is 0. The number of hydrogen-bond donors (Lipinski definition) is 0. The van der Waals surface area contributed by atoms with E-state index in [-0.39, 0.29) is 29.2 Å². The summed E-state index contributed by atoms with van der Waals surface area (Å²) in [6, 6.07) is 15.3. The Morgan fingerprint density at radius 2 is 1.65 bits per heavy atom. The van der Waals surface area contributed by atoms with E-state index in [1.165, 1.54) is 19.2 Å². The van der Waals surface area contributed by atoms with Crippen LogP contribution in [-0.4, -0.2) is 51.9 Å². The van der Waals surface area contributed by atoms with Crippen LogP contribution in [0, 0.1) is 5.92 Å². The van der Waals surface area contributed by atoms with Crippen LogP contribution in [0.3, 0.4) is 0 Å². The normalized spacial score (nSPS) is 14.8. The molecular weight excluding hydrogens is 416 g/mol. The predicted octanol–water partition coefficient (Wildman–Crippen LogP) is 2.86. The van der Waals surface area contributed by atoms with Crippen LogP contribution in [0.4, 0.5) is 5.69 Å². The number of esters is 1. The number of hydrogen-bond acceptors (Lipinski definition) is 5. The fourth-order valence-electron chi connectivity index (χ4n) is 3.69. The first-order valence-electron chi connectivity index (χ1n) is 10.4. The third-order valence-corrected chi connectivity index (χ3v) is 7.41. The maximum absolute atomic E-state index is 13.4. The van der Waals surface area contributed by atoms with Gasteiger partial charge in [-0.05, 0) is 49.1 Å². The zero-order valence-electron chi connectivity index (χ0n) is 17.9. The minimum Gasteiger partial charge on any atom is -0.469 e. The molecule has 1 amide bonds. The Morgan fingerprint density at radius 1 is 1.03 bits per heavy atom. The molecule has 1 saturated heterocycles. The number of anilines is 1. The molecule has 1 fully saturated rings. The number of aryl methyl sites for hydroxylation is 1. The largest absolute Gasteiger partial charge is 0.469 e. The first-order chi connectivity index (χ1) is 14.9. The van der Waals surface area contributed by atoms with Gasteiger partial charge in [-0.15, -0.1) is 0 Å². The van der Waals surface area contributed by atoms with Gasteiger partial charge in [0.1, 0.15) is 6.54 Å². The molecule has 0 aliphatic carbocycles. The average molecular weight is 445 g/mol. The van der Waals surface area contributed by atoms with Crippen LogP contribution < -0.4 is 4.31 Å². The molecule has 0 N–H and O–H groups in total. The first kappa shape index (κ1) is 22.8. The summed E-state index contributed by atoms with van der Waals surface area (Å²) in [4.78, 5) is 26.5. The highest BCUT2D eigenvalue weighted by atomic mass is 32.2. The molecule has 0 unspecified atom stereocenters. The second-order valence-corrected chi connectivity index (χ2v) is 9.39. The number of nitrogens with zero attached hydrogens (tertiary/aromatic N) is 2. The molecule has 31 heavy (non-hydrogen) atoms. The van der Waals surface area contributed by atoms with E-state index in [1.807, 2.05) is 19.1 Å². The predicted molar refractivity (Wildman–Crippen MR) is 118 cm³/mol. The molecule has 0 aromatic heterocycles. The van der Waals surface area contributed by atoms with E-state index in [4.69, 9.17) is 4.74 Å². The molecule has 166 valence electrons. The summed E-state index contributed by atoms with van der Waals surface area (Å²) >= 11 is 0. The lowest BCUT2D eigenvalue weighted by atomic mass is 9.97. The molecule has 0 saturated carbocycles. The van der Waals surface area contributed by atoms with E-state index in [2.05, 4.69) is 0 Å². The summed E-state index contributed by atoms with van der Waals surface area (Å²) < 4.78 is 32.7. The Labute approximate surface area is 183 Å². The van der Waals surface area contributed by atoms with E-state index >= 15 is 0 Å². The summed E-state index contributed by atoms with van der Waals surface area (Å²) in [7, 11) is -2.57. The summed E-state index contributed by atoms with van der Waals surface area (Å²) in [5.41, 5.74) is 1.52. The fraction of sp³-hybridized carbons (Fsp3) is 0.391. The van der Waals surface area contributed by atoms with Crippen molar-refractivity contribution >= 4 is 27.6 Å². The number of carbonyl (C=O) groups is 2. The molecule has 1 aliphatic heterocycles. The van der Waals surface area contributed by atoms with Crippen LogP contribution >= 0.6 is 0 Å². The van der Waals surface area contributed by atoms with Crippen molar-refractivity contribution < 1.29 is 22.7 Å². The van der Waals surface area contributed by atoms with Gasteiger partial charge in [0.05, 0.1) is 23.6 Å². The van der Waals surface area contributed by atoms with Crippen molar-refractivity contribution in [3.63, 3.8) is 0 Å². The number of piperidine rings is 1. The smallest absolute Gasteiger partial charge is 0.308 e. The van der Waals surface area contributed by atoms with Gasteiger partial charge in [0.2, 0.25) is 5.91 Å². The van der Waals surface area contributed by atoms with Crippen LogP contribution in [-0.2, 0) is 30.8 Å². The van der Waals surface area contributed by atoms with Gasteiger partial charge in [-0.2, -0.15) is 0 Å². The lowest BCUT2D eigenvalue weighted by molar-refractivity contribution is -0.148. The number of sulfonamides is 1. The number of carbonyl (C=O) groups excluding carboxylic acids is 2. The molecule has 2 aromatic rings. The maximum atomic E-state index is 13.4. The van der Waals surface area contributed by atoms with Crippen LogP contribution in [0.1, 0.15) is 25.3 Å². The molecule has 2 aromatic carbocycles. The van der Waals surface area contributed by atoms with Crippen molar-refractivity contribution in [3.8, 4) is 0 Å². The van der Waals surface area contributed by atoms with E-state index in [1.54, 1.807) is 35.2 Å². The summed E-state index contributed by atoms with van der Waals surface area (Å²) in [6.07, 6.45) is 1.85. The molecule has 1 heterocycles. The number of amides is 1. The van der Waals surface area contributed by atoms with Gasteiger partial charge in [0, 0.05) is 13.1 Å². The van der Waals surface area contributed by atoms with Gasteiger partial charge in [-0.3, -0.25) is 13.9 Å². The highest BCUT2D eigenvalue weighted by molar-refractivity contribution is 7.92. The number of ether oxygens (including phenoxy) is 1. The van der Waals surface area contributed by atoms with Gasteiger partial charge in [-0.1, -0.05) is 37.3 Å². The first-order valence-corrected chi connectivity index (χ1v) is 11.8. The van der Waals surface area contributed by atoms with Crippen molar-refractivity contribution in [3.05, 3.63) is 60.2 Å². The minimum absolute atomic E-state index is 0.131. The minimum atomic E-state index is -3.92. The number of likely N-dealkylation sites (tertiary alicyclic amines) is 1. The molecule has 8 heteroatoms. The van der Waals surface area contributed by atoms with Gasteiger partial charge in [-0.25, -0.2) is 8.42 Å². The molecule has 3 rings (SSSR count). The van der Waals surface area contributed by atoms with Crippen molar-refractivity contribution in [1.29, 1.82) is 0 Å². The van der Waals surface area contributed by atoms with Crippen LogP contribution in [0.25, 0.3) is 0 Å². The SMILES string of the molecule is CCc1ccc(N(CC(=O)N2CCC(C(=O)OC)CC2)S(=O)(=O)c2ccccc2)cc1. The Kier molecular flexibility index (Phi) is 7.33. The number of methoxy groups -OCH3 is 1. The molecule has 0 bridgehead atoms. The fourth-order valence-corrected chi connectivity index (χ4v) is 5.12. The van der Waals surface area contributed by atoms with E-state index < -0.39 is 10.0 Å². The second kappa shape index (κ2) is 9.96. The zero-order valence-corrected chi connectivity index (χ0v) is 18.7. The molecule has 0 spiro atoms. The van der Waals surface area contributed by atoms with E-state index in [9.17, 15) is 18.0 Å². The number of rotatable bonds is 7. The third kappa shape index (κ3) is 5.25. The van der Waals surface area contributed by atoms with Gasteiger partial charge < -0.3 is 9.64 Å². The van der Waals surface area contributed by atoms with Gasteiger partial charge in [0.25, 0.3) is 10.0 Å². The Bertz CT molecular complexity index is 998. The standard InChI is InChI=1S/C23H28N2O5S/c1-3-18-9-11-20(12-10-18)25(31(28,29)21-7-5-4-6-8-21)17-22(26)24-15-13-19(14-16-24)23(27)30-2/h4-12,19H,3,13-17H2,1-2H3. The molecule has 7 nitrogen and oxygen atoms in total. The lowest BCUT2D eigenvalue weighted by Gasteiger charge is -2.33. The number of benzene rings is 2. The van der Waals surface area contributed by atoms with Crippen molar-refractivity contribution in [2.75, 3.05) is 31.0 Å². The maximum Gasteiger partial charge on any atom is 0.308 e. The quantitative estimate of drug-likeness (QED) is 0.613. The summed E-state index contributed by atoms with van der Waals surface area (Å²) in [5.74, 6) is -0.779. The summed E-state index contributed by atoms with van der Waals surface area (Å²) in [6.45, 7) is 2.51. The van der Waals surface area contributed by atoms with Gasteiger partial charge >= 0.3 is 5.97 Å². The average Bonchev–Trinajstić information content (AvgIpc) is 2.82. The molecule has 1 aliphatic rings. The Balaban J connectivity index is 1.83. The highest BCUT2D eigenvalue weighted by Gasteiger charge is 2.32. The Hall–Kier alpha value is -2.87. The van der Waals surface area contributed by atoms with Crippen molar-refractivity contribution in [1.82, 2.24) is 4.90 Å².